The fourth-order valence-electron chi connectivity index (χ4n) is 4.03. The first-order valence-corrected chi connectivity index (χ1v) is 10.4. The highest BCUT2D eigenvalue weighted by Gasteiger charge is 2.32. The fraction of sp³-hybridized carbons (Fsp3) is 0.192. The van der Waals surface area contributed by atoms with Crippen molar-refractivity contribution in [2.75, 3.05) is 0 Å². The van der Waals surface area contributed by atoms with E-state index in [1.54, 1.807) is 12.3 Å². The van der Waals surface area contributed by atoms with E-state index in [1.165, 1.54) is 6.07 Å². The van der Waals surface area contributed by atoms with Gasteiger partial charge in [0.15, 0.2) is 0 Å². The van der Waals surface area contributed by atoms with Gasteiger partial charge in [-0.1, -0.05) is 66.7 Å². The molecule has 1 amide bonds. The molecule has 0 saturated heterocycles. The highest BCUT2D eigenvalue weighted by molar-refractivity contribution is 5.86. The SMILES string of the molecule is C[C@@H](NC(=O)C[C@@H](c1cccc(C(F)(F)F)c1)c1c[nH]c2ccccc12)c1ccccc1. The first-order valence-electron chi connectivity index (χ1n) is 10.4. The summed E-state index contributed by atoms with van der Waals surface area (Å²) in [6.45, 7) is 1.89. The number of fused-ring (bicyclic) bond motifs is 1. The van der Waals surface area contributed by atoms with Crippen LogP contribution in [0.4, 0.5) is 13.2 Å². The molecule has 0 aliphatic rings. The second-order valence-electron chi connectivity index (χ2n) is 7.87. The zero-order valence-electron chi connectivity index (χ0n) is 17.5. The minimum absolute atomic E-state index is 0.0281. The summed E-state index contributed by atoms with van der Waals surface area (Å²) in [6, 6.07) is 22.1. The van der Waals surface area contributed by atoms with Gasteiger partial charge in [0.25, 0.3) is 0 Å². The lowest BCUT2D eigenvalue weighted by molar-refractivity contribution is -0.137. The van der Waals surface area contributed by atoms with Crippen LogP contribution in [0.25, 0.3) is 10.9 Å². The van der Waals surface area contributed by atoms with E-state index < -0.39 is 17.7 Å². The molecule has 2 N–H and O–H groups in total. The van der Waals surface area contributed by atoms with E-state index in [0.29, 0.717) is 5.56 Å². The Balaban J connectivity index is 1.68. The van der Waals surface area contributed by atoms with Gasteiger partial charge in [-0.05, 0) is 35.7 Å². The first-order chi connectivity index (χ1) is 15.3. The Labute approximate surface area is 184 Å². The van der Waals surface area contributed by atoms with Crippen LogP contribution in [0.2, 0.25) is 0 Å². The number of para-hydroxylation sites is 1. The summed E-state index contributed by atoms with van der Waals surface area (Å²) >= 11 is 0. The van der Waals surface area contributed by atoms with E-state index >= 15 is 0 Å². The topological polar surface area (TPSA) is 44.9 Å². The summed E-state index contributed by atoms with van der Waals surface area (Å²) in [5.41, 5.74) is 2.36. The van der Waals surface area contributed by atoms with Crippen molar-refractivity contribution in [2.45, 2.75) is 31.5 Å². The average molecular weight is 436 g/mol. The van der Waals surface area contributed by atoms with E-state index in [9.17, 15) is 18.0 Å². The summed E-state index contributed by atoms with van der Waals surface area (Å²) in [5, 5.41) is 3.87. The fourth-order valence-corrected chi connectivity index (χ4v) is 4.03. The van der Waals surface area contributed by atoms with Crippen LogP contribution in [0.1, 0.15) is 47.6 Å². The van der Waals surface area contributed by atoms with Crippen molar-refractivity contribution in [2.24, 2.45) is 0 Å². The lowest BCUT2D eigenvalue weighted by Gasteiger charge is -2.21. The summed E-state index contributed by atoms with van der Waals surface area (Å²) in [6.07, 6.45) is -2.64. The Hall–Kier alpha value is -3.54. The van der Waals surface area contributed by atoms with Crippen LogP contribution in [0.3, 0.4) is 0 Å². The molecule has 0 aliphatic carbocycles. The van der Waals surface area contributed by atoms with E-state index in [-0.39, 0.29) is 18.4 Å². The summed E-state index contributed by atoms with van der Waals surface area (Å²) in [7, 11) is 0. The number of hydrogen-bond donors (Lipinski definition) is 2. The van der Waals surface area contributed by atoms with Crippen molar-refractivity contribution in [1.29, 1.82) is 0 Å². The Morgan fingerprint density at radius 2 is 1.62 bits per heavy atom. The van der Waals surface area contributed by atoms with Crippen molar-refractivity contribution in [1.82, 2.24) is 10.3 Å². The second-order valence-corrected chi connectivity index (χ2v) is 7.87. The number of carbonyl (C=O) groups is 1. The molecule has 0 saturated carbocycles. The van der Waals surface area contributed by atoms with Crippen LogP contribution in [0.15, 0.2) is 85.1 Å². The molecular weight excluding hydrogens is 413 g/mol. The molecule has 0 unspecified atom stereocenters. The van der Waals surface area contributed by atoms with Gasteiger partial charge in [0, 0.05) is 29.4 Å². The van der Waals surface area contributed by atoms with Gasteiger partial charge in [-0.15, -0.1) is 0 Å². The number of hydrogen-bond acceptors (Lipinski definition) is 1. The van der Waals surface area contributed by atoms with Crippen molar-refractivity contribution in [3.63, 3.8) is 0 Å². The molecule has 6 heteroatoms. The minimum atomic E-state index is -4.45. The van der Waals surface area contributed by atoms with Gasteiger partial charge in [0.1, 0.15) is 0 Å². The van der Waals surface area contributed by atoms with Gasteiger partial charge in [-0.25, -0.2) is 0 Å². The molecule has 0 spiro atoms. The monoisotopic (exact) mass is 436 g/mol. The van der Waals surface area contributed by atoms with Crippen LogP contribution in [0, 0.1) is 0 Å². The molecule has 0 aliphatic heterocycles. The quantitative estimate of drug-likeness (QED) is 0.352. The molecule has 3 nitrogen and oxygen atoms in total. The summed E-state index contributed by atoms with van der Waals surface area (Å²) in [4.78, 5) is 16.1. The number of carbonyl (C=O) groups excluding carboxylic acids is 1. The number of benzene rings is 3. The van der Waals surface area contributed by atoms with Gasteiger partial charge in [0.2, 0.25) is 5.91 Å². The number of rotatable bonds is 6. The standard InChI is InChI=1S/C26H23F3N2O/c1-17(18-8-3-2-4-9-18)31-25(32)15-22(19-10-7-11-20(14-19)26(27,28)29)23-16-30-24-13-6-5-12-21(23)24/h2-14,16-17,22,30H,15H2,1H3,(H,31,32)/t17-,22+/m1/s1. The molecular formula is C26H23F3N2O. The van der Waals surface area contributed by atoms with Crippen molar-refractivity contribution >= 4 is 16.8 Å². The molecule has 1 heterocycles. The maximum atomic E-state index is 13.4. The highest BCUT2D eigenvalue weighted by Crippen LogP contribution is 2.37. The van der Waals surface area contributed by atoms with E-state index in [2.05, 4.69) is 10.3 Å². The Morgan fingerprint density at radius 3 is 2.38 bits per heavy atom. The predicted molar refractivity (Wildman–Crippen MR) is 119 cm³/mol. The Bertz CT molecular complexity index is 1210. The van der Waals surface area contributed by atoms with Crippen LogP contribution in [-0.2, 0) is 11.0 Å². The van der Waals surface area contributed by atoms with Crippen molar-refractivity contribution in [3.8, 4) is 0 Å². The summed E-state index contributed by atoms with van der Waals surface area (Å²) in [5.74, 6) is -0.759. The van der Waals surface area contributed by atoms with Crippen molar-refractivity contribution < 1.29 is 18.0 Å². The zero-order chi connectivity index (χ0) is 22.7. The molecule has 0 fully saturated rings. The normalized spacial score (nSPS) is 13.6. The van der Waals surface area contributed by atoms with E-state index in [4.69, 9.17) is 0 Å². The number of amides is 1. The molecule has 4 aromatic rings. The molecule has 32 heavy (non-hydrogen) atoms. The molecule has 164 valence electrons. The second kappa shape index (κ2) is 8.91. The maximum absolute atomic E-state index is 13.4. The van der Waals surface area contributed by atoms with E-state index in [0.717, 1.165) is 34.2 Å². The number of nitrogens with one attached hydrogen (secondary N) is 2. The number of aromatic nitrogens is 1. The van der Waals surface area contributed by atoms with Gasteiger partial charge < -0.3 is 10.3 Å². The first kappa shape index (κ1) is 21.7. The van der Waals surface area contributed by atoms with Gasteiger partial charge in [-0.2, -0.15) is 13.2 Å². The predicted octanol–water partition coefficient (Wildman–Crippen LogP) is 6.59. The number of aromatic amines is 1. The van der Waals surface area contributed by atoms with E-state index in [1.807, 2.05) is 61.5 Å². The van der Waals surface area contributed by atoms with Crippen LogP contribution in [-0.4, -0.2) is 10.9 Å². The van der Waals surface area contributed by atoms with Crippen LogP contribution < -0.4 is 5.32 Å². The van der Waals surface area contributed by atoms with Crippen LogP contribution >= 0.6 is 0 Å². The highest BCUT2D eigenvalue weighted by atomic mass is 19.4. The lowest BCUT2D eigenvalue weighted by atomic mass is 9.87. The lowest BCUT2D eigenvalue weighted by Crippen LogP contribution is -2.28. The Morgan fingerprint density at radius 1 is 0.938 bits per heavy atom. The zero-order valence-corrected chi connectivity index (χ0v) is 17.5. The van der Waals surface area contributed by atoms with Crippen molar-refractivity contribution in [3.05, 3.63) is 107 Å². The number of halogens is 3. The average Bonchev–Trinajstić information content (AvgIpc) is 3.21. The minimum Gasteiger partial charge on any atom is -0.361 e. The van der Waals surface area contributed by atoms with Gasteiger partial charge in [-0.3, -0.25) is 4.79 Å². The summed E-state index contributed by atoms with van der Waals surface area (Å²) < 4.78 is 40.1. The third-order valence-corrected chi connectivity index (χ3v) is 5.68. The molecule has 0 bridgehead atoms. The van der Waals surface area contributed by atoms with Gasteiger partial charge in [0.05, 0.1) is 11.6 Å². The van der Waals surface area contributed by atoms with Gasteiger partial charge >= 0.3 is 6.18 Å². The Kier molecular flexibility index (Phi) is 6.04. The third kappa shape index (κ3) is 4.69. The molecule has 0 radical (unpaired) electrons. The molecule has 3 aromatic carbocycles. The maximum Gasteiger partial charge on any atom is 0.416 e. The smallest absolute Gasteiger partial charge is 0.361 e. The largest absolute Gasteiger partial charge is 0.416 e. The molecule has 4 rings (SSSR count). The molecule has 2 atom stereocenters. The number of H-pyrrole nitrogens is 1. The number of alkyl halides is 3. The third-order valence-electron chi connectivity index (χ3n) is 5.68. The van der Waals surface area contributed by atoms with Crippen LogP contribution in [0.5, 0.6) is 0 Å². The molecule has 1 aromatic heterocycles.